The van der Waals surface area contributed by atoms with Crippen molar-refractivity contribution in [2.24, 2.45) is 0 Å². The molecule has 4 nitrogen and oxygen atoms in total. The van der Waals surface area contributed by atoms with E-state index in [9.17, 15) is 17.6 Å². The van der Waals surface area contributed by atoms with Gasteiger partial charge >= 0.3 is 0 Å². The van der Waals surface area contributed by atoms with Crippen LogP contribution in [0.5, 0.6) is 0 Å². The van der Waals surface area contributed by atoms with Crippen LogP contribution in [0.3, 0.4) is 0 Å². The van der Waals surface area contributed by atoms with Gasteiger partial charge in [-0.15, -0.1) is 0 Å². The van der Waals surface area contributed by atoms with E-state index in [0.29, 0.717) is 12.8 Å². The number of carbonyl (C=O) groups is 1. The highest BCUT2D eigenvalue weighted by Gasteiger charge is 2.46. The summed E-state index contributed by atoms with van der Waals surface area (Å²) in [6.07, 6.45) is 2.05. The van der Waals surface area contributed by atoms with Crippen molar-refractivity contribution in [2.75, 3.05) is 12.3 Å². The average Bonchev–Trinajstić information content (AvgIpc) is 2.92. The van der Waals surface area contributed by atoms with Gasteiger partial charge in [0.2, 0.25) is 0 Å². The van der Waals surface area contributed by atoms with E-state index in [2.05, 4.69) is 0 Å². The molecule has 2 atom stereocenters. The summed E-state index contributed by atoms with van der Waals surface area (Å²) in [5.74, 6) is -0.950. The molecule has 0 bridgehead atoms. The third-order valence-corrected chi connectivity index (χ3v) is 6.87. The van der Waals surface area contributed by atoms with E-state index in [-0.39, 0.29) is 34.8 Å². The van der Waals surface area contributed by atoms with Gasteiger partial charge in [0, 0.05) is 12.6 Å². The zero-order valence-electron chi connectivity index (χ0n) is 11.3. The van der Waals surface area contributed by atoms with Crippen molar-refractivity contribution < 1.29 is 17.6 Å². The van der Waals surface area contributed by atoms with Gasteiger partial charge in [-0.25, -0.2) is 12.8 Å². The van der Waals surface area contributed by atoms with Gasteiger partial charge in [-0.05, 0) is 37.5 Å². The molecule has 0 radical (unpaired) electrons. The number of nitrogens with zero attached hydrogens (tertiary/aromatic N) is 1. The fraction of sp³-hybridized carbons (Fsp3) is 0.500. The highest BCUT2D eigenvalue weighted by atomic mass is 35.5. The lowest BCUT2D eigenvalue weighted by molar-refractivity contribution is 0.0686. The Bertz CT molecular complexity index is 691. The summed E-state index contributed by atoms with van der Waals surface area (Å²) >= 11 is 5.98. The largest absolute Gasteiger partial charge is 0.333 e. The molecular weight excluding hydrogens is 317 g/mol. The van der Waals surface area contributed by atoms with Gasteiger partial charge in [0.1, 0.15) is 5.82 Å². The van der Waals surface area contributed by atoms with E-state index in [1.54, 1.807) is 4.90 Å². The Labute approximate surface area is 127 Å². The molecule has 114 valence electrons. The lowest BCUT2D eigenvalue weighted by Crippen LogP contribution is -2.54. The van der Waals surface area contributed by atoms with Crippen molar-refractivity contribution in [3.63, 3.8) is 0 Å². The molecule has 1 aliphatic heterocycles. The summed E-state index contributed by atoms with van der Waals surface area (Å²) in [7, 11) is -3.13. The van der Waals surface area contributed by atoms with Crippen LogP contribution in [0.4, 0.5) is 4.39 Å². The summed E-state index contributed by atoms with van der Waals surface area (Å²) in [6.45, 7) is 0.148. The number of rotatable bonds is 1. The van der Waals surface area contributed by atoms with Crippen LogP contribution in [-0.2, 0) is 9.84 Å². The molecule has 1 saturated heterocycles. The minimum Gasteiger partial charge on any atom is -0.333 e. The maximum absolute atomic E-state index is 13.3. The van der Waals surface area contributed by atoms with Crippen LogP contribution in [0.15, 0.2) is 18.2 Å². The van der Waals surface area contributed by atoms with Gasteiger partial charge < -0.3 is 4.90 Å². The predicted molar refractivity (Wildman–Crippen MR) is 77.7 cm³/mol. The number of halogens is 2. The summed E-state index contributed by atoms with van der Waals surface area (Å²) < 4.78 is 37.5. The normalized spacial score (nSPS) is 27.4. The van der Waals surface area contributed by atoms with E-state index in [4.69, 9.17) is 11.6 Å². The second kappa shape index (κ2) is 5.25. The van der Waals surface area contributed by atoms with Crippen molar-refractivity contribution in [1.82, 2.24) is 4.90 Å². The maximum Gasteiger partial charge on any atom is 0.255 e. The molecule has 1 aromatic carbocycles. The van der Waals surface area contributed by atoms with Crippen LogP contribution in [0.2, 0.25) is 5.02 Å². The lowest BCUT2D eigenvalue weighted by Gasteiger charge is -2.37. The first-order valence-corrected chi connectivity index (χ1v) is 8.97. The van der Waals surface area contributed by atoms with Crippen molar-refractivity contribution >= 4 is 27.3 Å². The number of amides is 1. The van der Waals surface area contributed by atoms with Crippen LogP contribution in [0.25, 0.3) is 0 Å². The molecule has 1 heterocycles. The van der Waals surface area contributed by atoms with Crippen LogP contribution >= 0.6 is 11.6 Å². The molecule has 1 aliphatic carbocycles. The summed E-state index contributed by atoms with van der Waals surface area (Å²) in [5.41, 5.74) is 0.0987. The maximum atomic E-state index is 13.3. The first-order valence-electron chi connectivity index (χ1n) is 6.88. The highest BCUT2D eigenvalue weighted by molar-refractivity contribution is 7.92. The second-order valence-corrected chi connectivity index (χ2v) is 8.27. The molecule has 1 aromatic rings. The molecule has 0 N–H and O–H groups in total. The zero-order valence-corrected chi connectivity index (χ0v) is 12.8. The van der Waals surface area contributed by atoms with E-state index in [1.165, 1.54) is 12.1 Å². The van der Waals surface area contributed by atoms with Crippen LogP contribution < -0.4 is 0 Å². The molecule has 2 fully saturated rings. The quantitative estimate of drug-likeness (QED) is 0.793. The molecule has 2 aliphatic rings. The first kappa shape index (κ1) is 14.8. The third-order valence-electron chi connectivity index (χ3n) is 4.32. The van der Waals surface area contributed by atoms with E-state index in [1.807, 2.05) is 0 Å². The van der Waals surface area contributed by atoms with E-state index < -0.39 is 20.9 Å². The summed E-state index contributed by atoms with van der Waals surface area (Å²) in [5, 5.41) is -0.299. The van der Waals surface area contributed by atoms with Gasteiger partial charge in [-0.1, -0.05) is 11.6 Å². The van der Waals surface area contributed by atoms with Gasteiger partial charge in [0.15, 0.2) is 9.84 Å². The smallest absolute Gasteiger partial charge is 0.255 e. The number of carbonyl (C=O) groups excluding carboxylic acids is 1. The monoisotopic (exact) mass is 331 g/mol. The molecule has 1 amide bonds. The Morgan fingerprint density at radius 3 is 2.86 bits per heavy atom. The minimum absolute atomic E-state index is 0.0349. The Morgan fingerprint density at radius 1 is 1.33 bits per heavy atom. The summed E-state index contributed by atoms with van der Waals surface area (Å²) in [6, 6.07) is 3.34. The van der Waals surface area contributed by atoms with Crippen LogP contribution in [0, 0.1) is 5.82 Å². The summed E-state index contributed by atoms with van der Waals surface area (Å²) in [4.78, 5) is 14.2. The molecule has 2 unspecified atom stereocenters. The third kappa shape index (κ3) is 2.55. The second-order valence-electron chi connectivity index (χ2n) is 5.53. The number of hydrogen-bond acceptors (Lipinski definition) is 3. The minimum atomic E-state index is -3.13. The van der Waals surface area contributed by atoms with Crippen LogP contribution in [0.1, 0.15) is 29.6 Å². The fourth-order valence-electron chi connectivity index (χ4n) is 3.29. The highest BCUT2D eigenvalue weighted by Crippen LogP contribution is 2.34. The van der Waals surface area contributed by atoms with Crippen molar-refractivity contribution in [3.8, 4) is 0 Å². The van der Waals surface area contributed by atoms with Crippen molar-refractivity contribution in [3.05, 3.63) is 34.6 Å². The number of benzene rings is 1. The Morgan fingerprint density at radius 2 is 2.10 bits per heavy atom. The molecule has 0 aromatic heterocycles. The topological polar surface area (TPSA) is 54.5 Å². The molecule has 3 rings (SSSR count). The SMILES string of the molecule is O=C(c1cc(F)ccc1Cl)N1CCS(=O)(=O)C2CCCC21. The molecule has 21 heavy (non-hydrogen) atoms. The van der Waals surface area contributed by atoms with E-state index in [0.717, 1.165) is 12.5 Å². The van der Waals surface area contributed by atoms with E-state index >= 15 is 0 Å². The number of fused-ring (bicyclic) bond motifs is 1. The number of hydrogen-bond donors (Lipinski definition) is 0. The van der Waals surface area contributed by atoms with Gasteiger partial charge in [-0.2, -0.15) is 0 Å². The van der Waals surface area contributed by atoms with Gasteiger partial charge in [-0.3, -0.25) is 4.79 Å². The molecule has 7 heteroatoms. The van der Waals surface area contributed by atoms with Crippen molar-refractivity contribution in [2.45, 2.75) is 30.6 Å². The van der Waals surface area contributed by atoms with Gasteiger partial charge in [0.25, 0.3) is 5.91 Å². The molecule has 0 spiro atoms. The molecule has 1 saturated carbocycles. The van der Waals surface area contributed by atoms with Crippen molar-refractivity contribution in [1.29, 1.82) is 0 Å². The Kier molecular flexibility index (Phi) is 3.69. The number of sulfone groups is 1. The van der Waals surface area contributed by atoms with Gasteiger partial charge in [0.05, 0.1) is 21.6 Å². The lowest BCUT2D eigenvalue weighted by atomic mass is 10.1. The first-order chi connectivity index (χ1) is 9.90. The Hall–Kier alpha value is -1.14. The fourth-order valence-corrected chi connectivity index (χ4v) is 5.53. The average molecular weight is 332 g/mol. The molecular formula is C14H15ClFNO3S. The zero-order chi connectivity index (χ0) is 15.2. The Balaban J connectivity index is 1.93. The van der Waals surface area contributed by atoms with Crippen LogP contribution in [-0.4, -0.2) is 42.8 Å². The predicted octanol–water partition coefficient (Wildman–Crippen LogP) is 2.27. The standard InChI is InChI=1S/C14H15ClFNO3S/c15-11-5-4-9(16)8-10(11)14(18)17-6-7-21(19,20)13-3-1-2-12(13)17/h4-5,8,12-13H,1-3,6-7H2.